The van der Waals surface area contributed by atoms with E-state index >= 15 is 0 Å². The maximum atomic E-state index is 7.43. The van der Waals surface area contributed by atoms with Crippen molar-refractivity contribution in [1.82, 2.24) is 0 Å². The molecule has 0 atom stereocenters. The molecule has 24 rings (SSSR count). The van der Waals surface area contributed by atoms with Gasteiger partial charge in [-0.2, -0.15) is 0 Å². The number of furan rings is 4. The lowest BCUT2D eigenvalue weighted by atomic mass is 9.67. The molecular weight excluding hydrogens is 1660 g/mol. The van der Waals surface area contributed by atoms with Crippen LogP contribution in [0.1, 0.15) is 77.9 Å². The van der Waals surface area contributed by atoms with Crippen molar-refractivity contribution < 1.29 is 17.7 Å². The number of aryl methyl sites for hydroxylation is 6. The molecule has 9 heteroatoms. The van der Waals surface area contributed by atoms with Gasteiger partial charge in [-0.3, -0.25) is 0 Å². The molecule has 600 valence electrons. The van der Waals surface area contributed by atoms with Gasteiger partial charge in [-0.15, -0.1) is 0 Å². The lowest BCUT2D eigenvalue weighted by molar-refractivity contribution is 0.666. The number of para-hydroxylation sites is 4. The number of hydrogen-bond acceptors (Lipinski definition) is 7. The molecule has 22 aromatic rings. The quantitative estimate of drug-likeness (QED) is 0.131. The highest BCUT2D eigenvalue weighted by molar-refractivity contribution is 9.11. The Hall–Kier alpha value is -14.5. The van der Waals surface area contributed by atoms with Crippen LogP contribution in [0.5, 0.6) is 0 Å². The zero-order chi connectivity index (χ0) is 84.3. The predicted octanol–water partition coefficient (Wildman–Crippen LogP) is 33.4. The minimum atomic E-state index is -0.838. The fourth-order valence-electron chi connectivity index (χ4n) is 19.7. The van der Waals surface area contributed by atoms with Crippen LogP contribution in [-0.4, -0.2) is 0 Å². The van der Waals surface area contributed by atoms with E-state index in [-0.39, 0.29) is 0 Å². The molecule has 4 heterocycles. The first-order valence-electron chi connectivity index (χ1n) is 42.5. The second-order valence-corrected chi connectivity index (χ2v) is 35.0. The van der Waals surface area contributed by atoms with Crippen LogP contribution >= 0.6 is 31.9 Å². The van der Waals surface area contributed by atoms with Gasteiger partial charge in [-0.25, -0.2) is 0 Å². The fraction of sp³-hybridized carbons (Fsp3) is 0.0690. The summed E-state index contributed by atoms with van der Waals surface area (Å²) in [6.07, 6.45) is 0. The topological polar surface area (TPSA) is 71.1 Å². The van der Waals surface area contributed by atoms with E-state index in [1.54, 1.807) is 0 Å². The summed E-state index contributed by atoms with van der Waals surface area (Å²) in [6.45, 7) is 12.8. The Morgan fingerprint density at radius 1 is 0.232 bits per heavy atom. The van der Waals surface area contributed by atoms with Crippen LogP contribution in [0.2, 0.25) is 0 Å². The maximum Gasteiger partial charge on any atom is 0.160 e. The lowest BCUT2D eigenvalue weighted by Gasteiger charge is -2.36. The smallest absolute Gasteiger partial charge is 0.160 e. The predicted molar refractivity (Wildman–Crippen MR) is 526 cm³/mol. The summed E-state index contributed by atoms with van der Waals surface area (Å²) in [5.41, 5.74) is 35.1. The molecule has 18 aromatic carbocycles. The zero-order valence-corrected chi connectivity index (χ0v) is 72.9. The Kier molecular flexibility index (Phi) is 18.9. The van der Waals surface area contributed by atoms with Gasteiger partial charge in [-0.1, -0.05) is 316 Å². The van der Waals surface area contributed by atoms with Crippen molar-refractivity contribution in [2.24, 2.45) is 0 Å². The van der Waals surface area contributed by atoms with Crippen molar-refractivity contribution in [2.75, 3.05) is 15.1 Å². The van der Waals surface area contributed by atoms with E-state index in [4.69, 9.17) is 17.7 Å². The highest BCUT2D eigenvalue weighted by Gasteiger charge is 2.52. The molecule has 125 heavy (non-hydrogen) atoms. The summed E-state index contributed by atoms with van der Waals surface area (Å²) < 4.78 is 30.0. The van der Waals surface area contributed by atoms with Gasteiger partial charge >= 0.3 is 0 Å². The molecule has 0 fully saturated rings. The van der Waals surface area contributed by atoms with Gasteiger partial charge in [0.1, 0.15) is 39.1 Å². The van der Waals surface area contributed by atoms with E-state index in [0.29, 0.717) is 0 Å². The third-order valence-corrected chi connectivity index (χ3v) is 26.7. The number of hydrogen-bond donors (Lipinski definition) is 1. The molecule has 0 spiro atoms. The monoisotopic (exact) mass is 1740 g/mol. The zero-order valence-electron chi connectivity index (χ0n) is 69.7. The first-order valence-corrected chi connectivity index (χ1v) is 44.1. The molecule has 1 N–H and O–H groups in total. The number of nitrogens with zero attached hydrogens (tertiary/aromatic N) is 2. The van der Waals surface area contributed by atoms with Crippen molar-refractivity contribution in [3.05, 3.63) is 475 Å². The number of fused-ring (bicyclic) bond motifs is 22. The minimum absolute atomic E-state index is 0.585. The van der Waals surface area contributed by atoms with Gasteiger partial charge in [0, 0.05) is 98.6 Å². The molecule has 4 aromatic heterocycles. The Bertz CT molecular complexity index is 7700. The summed E-state index contributed by atoms with van der Waals surface area (Å²) in [5, 5.41) is 12.0. The van der Waals surface area contributed by atoms with Crippen LogP contribution in [0, 0.1) is 41.5 Å². The summed E-state index contributed by atoms with van der Waals surface area (Å²) >= 11 is 7.94. The lowest BCUT2D eigenvalue weighted by Crippen LogP contribution is -2.29. The molecule has 0 radical (unpaired) electrons. The number of halogens is 2. The average Bonchev–Trinajstić information content (AvgIpc) is 1.51. The van der Waals surface area contributed by atoms with E-state index in [1.807, 2.05) is 18.2 Å². The molecule has 2 aliphatic rings. The van der Waals surface area contributed by atoms with E-state index in [9.17, 15) is 0 Å². The third-order valence-electron chi connectivity index (χ3n) is 25.4. The van der Waals surface area contributed by atoms with E-state index in [2.05, 4.69) is 459 Å². The van der Waals surface area contributed by atoms with Gasteiger partial charge in [0.15, 0.2) is 5.58 Å². The number of rotatable bonds is 12. The average molecular weight is 1740 g/mol. The molecule has 0 bridgehead atoms. The van der Waals surface area contributed by atoms with Crippen LogP contribution in [0.25, 0.3) is 110 Å². The molecule has 0 unspecified atom stereocenters. The second kappa shape index (κ2) is 30.8. The van der Waals surface area contributed by atoms with Gasteiger partial charge in [-0.05, 0) is 223 Å². The van der Waals surface area contributed by atoms with Crippen molar-refractivity contribution in [1.29, 1.82) is 0 Å². The van der Waals surface area contributed by atoms with Gasteiger partial charge in [0.25, 0.3) is 0 Å². The second-order valence-electron chi connectivity index (χ2n) is 33.2. The first-order chi connectivity index (χ1) is 61.3. The van der Waals surface area contributed by atoms with E-state index in [0.717, 1.165) is 187 Å². The SMILES string of the molecule is Brc1cc2c(c3c1oc1ccccc13)-c1c(cc(Br)c3c1oc1ccccc13)C2(c1ccccc1)c1ccccc1.Cc1ccc(N(c2ccc(C)cc2)c2cc3c(c4c2oc2ccccc24)-c2c(cc(N(c4ccc(C)cc4)c4ccc(C)cc4)c4c2oc2ccccc24)C3(c2ccccc2)c2ccccc2)cc1.Cc1ccc(Nc2ccc(C)cc2)cc1. The highest BCUT2D eigenvalue weighted by Crippen LogP contribution is 2.66. The van der Waals surface area contributed by atoms with Gasteiger partial charge in [0.05, 0.1) is 32.1 Å². The largest absolute Gasteiger partial charge is 0.455 e. The molecule has 0 saturated heterocycles. The van der Waals surface area contributed by atoms with E-state index in [1.165, 1.54) is 55.6 Å². The molecule has 0 amide bonds. The van der Waals surface area contributed by atoms with Crippen LogP contribution in [-0.2, 0) is 10.8 Å². The first kappa shape index (κ1) is 76.6. The Balaban J connectivity index is 0.000000138. The van der Waals surface area contributed by atoms with Gasteiger partial charge in [0.2, 0.25) is 0 Å². The van der Waals surface area contributed by atoms with E-state index < -0.39 is 10.8 Å². The van der Waals surface area contributed by atoms with Crippen LogP contribution in [0.15, 0.2) is 415 Å². The van der Waals surface area contributed by atoms with Crippen molar-refractivity contribution in [3.63, 3.8) is 0 Å². The van der Waals surface area contributed by atoms with Crippen LogP contribution in [0.3, 0.4) is 0 Å². The third kappa shape index (κ3) is 12.6. The van der Waals surface area contributed by atoms with Crippen LogP contribution in [0.4, 0.5) is 45.5 Å². The number of anilines is 8. The molecule has 2 aliphatic carbocycles. The highest BCUT2D eigenvalue weighted by atomic mass is 79.9. The molecule has 0 aliphatic heterocycles. The summed E-state index contributed by atoms with van der Waals surface area (Å²) in [6, 6.07) is 139. The standard InChI is InChI=1S/C65H48N2O2.C37H20Br2O2.C14H15N/c1-41-23-31-47(32-24-41)66(48-33-25-42(2)26-34-48)55-39-54-62(64-59(55)51-19-11-13-21-57(51)69-64)61-53(65(54,45-15-7-5-8-16-45)46-17-9-6-10-18-46)40-56(63-60(61)52-20-12-14-22-58(52)68-63)67(49-35-27-43(3)28-36-49)50-37-29-44(4)30-38-50;38-27-19-26-34(36-31(27)23-15-7-9-17-29(23)41-36)33-25(20-28(39)35-32(33)24-16-8-10-18-30(24)40-35)37(26,21-11-3-1-4-12-21)22-13-5-2-6-14-22;1-11-3-7-13(8-4-11)15-14-9-5-12(2)6-10-14/h5-40H,1-4H3;1-20H;3-10,15H,1-2H3. The maximum absolute atomic E-state index is 7.43. The Morgan fingerprint density at radius 3 is 0.880 bits per heavy atom. The fourth-order valence-corrected chi connectivity index (χ4v) is 20.8. The summed E-state index contributed by atoms with van der Waals surface area (Å²) in [5.74, 6) is 0. The van der Waals surface area contributed by atoms with Crippen molar-refractivity contribution in [2.45, 2.75) is 52.4 Å². The summed E-state index contributed by atoms with van der Waals surface area (Å²) in [7, 11) is 0. The number of nitrogens with one attached hydrogen (secondary N) is 1. The number of benzene rings is 18. The summed E-state index contributed by atoms with van der Waals surface area (Å²) in [4.78, 5) is 4.81. The van der Waals surface area contributed by atoms with Crippen molar-refractivity contribution in [3.8, 4) is 22.3 Å². The van der Waals surface area contributed by atoms with Gasteiger partial charge < -0.3 is 32.8 Å². The van der Waals surface area contributed by atoms with Crippen LogP contribution < -0.4 is 15.1 Å². The van der Waals surface area contributed by atoms with Crippen molar-refractivity contribution >= 4 is 165 Å². The molecule has 7 nitrogen and oxygen atoms in total. The molecular formula is C116H83Br2N3O4. The Labute approximate surface area is 742 Å². The normalized spacial score (nSPS) is 12.8. The minimum Gasteiger partial charge on any atom is -0.455 e. The Morgan fingerprint density at radius 2 is 0.496 bits per heavy atom. The molecule has 0 saturated carbocycles.